The summed E-state index contributed by atoms with van der Waals surface area (Å²) >= 11 is 13.2. The molecule has 27 heavy (non-hydrogen) atoms. The van der Waals surface area contributed by atoms with Crippen molar-refractivity contribution in [1.29, 1.82) is 0 Å². The monoisotopic (exact) mass is 423 g/mol. The number of carbonyl (C=O) groups is 1. The topological polar surface area (TPSA) is 77.2 Å². The largest absolute Gasteiger partial charge is 0.482 e. The third-order valence-corrected chi connectivity index (χ3v) is 5.04. The zero-order chi connectivity index (χ0) is 19.2. The number of amides is 1. The summed E-state index contributed by atoms with van der Waals surface area (Å²) in [5, 5.41) is 12.0. The molecule has 0 bridgehead atoms. The highest BCUT2D eigenvalue weighted by Gasteiger charge is 2.12. The number of nitrogens with one attached hydrogen (secondary N) is 1. The van der Waals surface area contributed by atoms with Gasteiger partial charge in [-0.25, -0.2) is 0 Å². The third-order valence-electron chi connectivity index (χ3n) is 3.50. The fourth-order valence-corrected chi connectivity index (χ4v) is 3.06. The van der Waals surface area contributed by atoms with Crippen molar-refractivity contribution in [3.63, 3.8) is 0 Å². The molecule has 9 heteroatoms. The average molecular weight is 424 g/mol. The number of halogens is 2. The number of rotatable bonds is 7. The van der Waals surface area contributed by atoms with Gasteiger partial charge in [0.15, 0.2) is 6.61 Å². The Morgan fingerprint density at radius 2 is 1.93 bits per heavy atom. The van der Waals surface area contributed by atoms with Crippen LogP contribution in [0.25, 0.3) is 0 Å². The first-order valence-corrected chi connectivity index (χ1v) is 9.64. The summed E-state index contributed by atoms with van der Waals surface area (Å²) in [6.45, 7) is 1.93. The van der Waals surface area contributed by atoms with Gasteiger partial charge in [-0.2, -0.15) is 0 Å². The summed E-state index contributed by atoms with van der Waals surface area (Å²) < 4.78 is 11.0. The van der Waals surface area contributed by atoms with Gasteiger partial charge in [0.05, 0.1) is 10.8 Å². The maximum Gasteiger partial charge on any atom is 0.277 e. The van der Waals surface area contributed by atoms with Crippen molar-refractivity contribution in [3.05, 3.63) is 64.0 Å². The first kappa shape index (κ1) is 19.5. The van der Waals surface area contributed by atoms with Gasteiger partial charge in [0.2, 0.25) is 5.91 Å². The van der Waals surface area contributed by atoms with E-state index in [1.807, 2.05) is 19.1 Å². The Morgan fingerprint density at radius 1 is 1.15 bits per heavy atom. The molecule has 0 aliphatic carbocycles. The summed E-state index contributed by atoms with van der Waals surface area (Å²) in [6.07, 6.45) is 0. The molecule has 0 spiro atoms. The average Bonchev–Trinajstić information content (AvgIpc) is 3.11. The molecular weight excluding hydrogens is 409 g/mol. The number of aromatic nitrogens is 2. The fourth-order valence-electron chi connectivity index (χ4n) is 2.11. The van der Waals surface area contributed by atoms with Gasteiger partial charge in [-0.15, -0.1) is 10.2 Å². The number of hydrogen-bond donors (Lipinski definition) is 1. The van der Waals surface area contributed by atoms with Crippen LogP contribution >= 0.6 is 35.0 Å². The summed E-state index contributed by atoms with van der Waals surface area (Å²) in [4.78, 5) is 12.1. The number of carbonyl (C=O) groups excluding carboxylic acids is 1. The Kier molecular flexibility index (Phi) is 6.60. The van der Waals surface area contributed by atoms with Crippen molar-refractivity contribution in [1.82, 2.24) is 10.2 Å². The SMILES string of the molecule is Cc1c(Cl)cccc1NC(=O)CSc1nnc(COc2ccccc2Cl)o1. The molecule has 0 aliphatic rings. The number of benzene rings is 2. The standard InChI is InChI=1S/C18H15Cl2N3O3S/c1-11-12(19)6-4-7-14(11)21-16(24)10-27-18-23-22-17(26-18)9-25-15-8-3-2-5-13(15)20/h2-8H,9-10H2,1H3,(H,21,24). The van der Waals surface area contributed by atoms with Crippen molar-refractivity contribution >= 4 is 46.6 Å². The molecule has 3 rings (SSSR count). The van der Waals surface area contributed by atoms with E-state index in [1.165, 1.54) is 0 Å². The van der Waals surface area contributed by atoms with Crippen LogP contribution in [0.5, 0.6) is 5.75 Å². The van der Waals surface area contributed by atoms with E-state index in [-0.39, 0.29) is 23.5 Å². The van der Waals surface area contributed by atoms with Gasteiger partial charge in [-0.1, -0.05) is 53.2 Å². The maximum atomic E-state index is 12.1. The molecule has 140 valence electrons. The number of thioether (sulfide) groups is 1. The first-order chi connectivity index (χ1) is 13.0. The molecule has 2 aromatic carbocycles. The summed E-state index contributed by atoms with van der Waals surface area (Å²) in [5.41, 5.74) is 1.49. The van der Waals surface area contributed by atoms with Crippen LogP contribution in [0.4, 0.5) is 5.69 Å². The van der Waals surface area contributed by atoms with E-state index in [0.717, 1.165) is 17.3 Å². The van der Waals surface area contributed by atoms with Crippen LogP contribution in [0, 0.1) is 6.92 Å². The summed E-state index contributed by atoms with van der Waals surface area (Å²) in [5.74, 6) is 0.752. The van der Waals surface area contributed by atoms with E-state index < -0.39 is 0 Å². The minimum atomic E-state index is -0.197. The molecule has 0 fully saturated rings. The predicted octanol–water partition coefficient (Wildman–Crippen LogP) is 4.99. The Balaban J connectivity index is 1.50. The number of hydrogen-bond acceptors (Lipinski definition) is 6. The lowest BCUT2D eigenvalue weighted by atomic mass is 10.2. The molecule has 1 N–H and O–H groups in total. The van der Waals surface area contributed by atoms with Crippen molar-refractivity contribution in [3.8, 4) is 5.75 Å². The normalized spacial score (nSPS) is 10.6. The zero-order valence-corrected chi connectivity index (χ0v) is 16.6. The molecule has 3 aromatic rings. The van der Waals surface area contributed by atoms with Crippen LogP contribution in [-0.4, -0.2) is 21.9 Å². The molecule has 1 aromatic heterocycles. The zero-order valence-electron chi connectivity index (χ0n) is 14.2. The van der Waals surface area contributed by atoms with Crippen LogP contribution < -0.4 is 10.1 Å². The lowest BCUT2D eigenvalue weighted by Crippen LogP contribution is -2.14. The molecular formula is C18H15Cl2N3O3S. The predicted molar refractivity (Wildman–Crippen MR) is 106 cm³/mol. The quantitative estimate of drug-likeness (QED) is 0.539. The number of ether oxygens (including phenoxy) is 1. The van der Waals surface area contributed by atoms with Crippen molar-refractivity contribution in [2.45, 2.75) is 18.8 Å². The molecule has 0 saturated heterocycles. The lowest BCUT2D eigenvalue weighted by Gasteiger charge is -2.08. The minimum absolute atomic E-state index is 0.0885. The van der Waals surface area contributed by atoms with Crippen LogP contribution in [-0.2, 0) is 11.4 Å². The van der Waals surface area contributed by atoms with Crippen LogP contribution in [0.3, 0.4) is 0 Å². The van der Waals surface area contributed by atoms with Crippen molar-refractivity contribution in [2.24, 2.45) is 0 Å². The molecule has 0 atom stereocenters. The number of nitrogens with zero attached hydrogens (tertiary/aromatic N) is 2. The van der Waals surface area contributed by atoms with Gasteiger partial charge in [-0.3, -0.25) is 4.79 Å². The highest BCUT2D eigenvalue weighted by atomic mass is 35.5. The molecule has 0 unspecified atom stereocenters. The Hall–Kier alpha value is -2.22. The van der Waals surface area contributed by atoms with E-state index in [0.29, 0.717) is 27.4 Å². The third kappa shape index (κ3) is 5.38. The van der Waals surface area contributed by atoms with E-state index in [4.69, 9.17) is 32.4 Å². The first-order valence-electron chi connectivity index (χ1n) is 7.90. The van der Waals surface area contributed by atoms with Crippen LogP contribution in [0.15, 0.2) is 52.1 Å². The van der Waals surface area contributed by atoms with Gasteiger partial charge < -0.3 is 14.5 Å². The van der Waals surface area contributed by atoms with Gasteiger partial charge in [0.25, 0.3) is 11.1 Å². The molecule has 0 aliphatic heterocycles. The van der Waals surface area contributed by atoms with Gasteiger partial charge >= 0.3 is 0 Å². The summed E-state index contributed by atoms with van der Waals surface area (Å²) in [7, 11) is 0. The Morgan fingerprint density at radius 3 is 2.74 bits per heavy atom. The van der Waals surface area contributed by atoms with E-state index in [2.05, 4.69) is 15.5 Å². The summed E-state index contributed by atoms with van der Waals surface area (Å²) in [6, 6.07) is 12.4. The lowest BCUT2D eigenvalue weighted by molar-refractivity contribution is -0.113. The molecule has 1 amide bonds. The molecule has 1 heterocycles. The highest BCUT2D eigenvalue weighted by molar-refractivity contribution is 7.99. The second kappa shape index (κ2) is 9.12. The minimum Gasteiger partial charge on any atom is -0.482 e. The van der Waals surface area contributed by atoms with Crippen LogP contribution in [0.1, 0.15) is 11.5 Å². The smallest absolute Gasteiger partial charge is 0.277 e. The van der Waals surface area contributed by atoms with Crippen molar-refractivity contribution in [2.75, 3.05) is 11.1 Å². The van der Waals surface area contributed by atoms with Gasteiger partial charge in [-0.05, 0) is 36.8 Å². The van der Waals surface area contributed by atoms with Gasteiger partial charge in [0.1, 0.15) is 5.75 Å². The maximum absolute atomic E-state index is 12.1. The fraction of sp³-hybridized carbons (Fsp3) is 0.167. The second-order valence-electron chi connectivity index (χ2n) is 5.43. The van der Waals surface area contributed by atoms with Crippen molar-refractivity contribution < 1.29 is 13.9 Å². The van der Waals surface area contributed by atoms with Crippen LogP contribution in [0.2, 0.25) is 10.0 Å². The Labute approximate surface area is 170 Å². The molecule has 6 nitrogen and oxygen atoms in total. The molecule has 0 saturated carbocycles. The number of anilines is 1. The van der Waals surface area contributed by atoms with E-state index >= 15 is 0 Å². The second-order valence-corrected chi connectivity index (χ2v) is 7.17. The van der Waals surface area contributed by atoms with E-state index in [1.54, 1.807) is 30.3 Å². The highest BCUT2D eigenvalue weighted by Crippen LogP contribution is 2.25. The Bertz CT molecular complexity index is 949. The van der Waals surface area contributed by atoms with E-state index in [9.17, 15) is 4.79 Å². The number of para-hydroxylation sites is 1. The molecule has 0 radical (unpaired) electrons. The van der Waals surface area contributed by atoms with Gasteiger partial charge in [0, 0.05) is 10.7 Å².